The highest BCUT2D eigenvalue weighted by Crippen LogP contribution is 2.30. The first-order valence-corrected chi connectivity index (χ1v) is 8.58. The quantitative estimate of drug-likeness (QED) is 0.793. The number of carbonyl (C=O) groups excluding carboxylic acids is 2. The van der Waals surface area contributed by atoms with Crippen LogP contribution < -0.4 is 0 Å². The molecular formula is C19H25NO2. The van der Waals surface area contributed by atoms with Crippen LogP contribution in [-0.2, 0) is 0 Å². The lowest BCUT2D eigenvalue weighted by Crippen LogP contribution is -2.27. The minimum Gasteiger partial charge on any atom is -0.339 e. The molecule has 1 saturated heterocycles. The Labute approximate surface area is 132 Å². The number of amides is 1. The van der Waals surface area contributed by atoms with Crippen LogP contribution in [0, 0.1) is 11.8 Å². The van der Waals surface area contributed by atoms with Crippen molar-refractivity contribution < 1.29 is 9.59 Å². The molecule has 2 fully saturated rings. The molecule has 0 atom stereocenters. The predicted molar refractivity (Wildman–Crippen MR) is 87.0 cm³/mol. The van der Waals surface area contributed by atoms with Crippen molar-refractivity contribution in [1.29, 1.82) is 0 Å². The molecule has 0 radical (unpaired) electrons. The van der Waals surface area contributed by atoms with Gasteiger partial charge in [-0.1, -0.05) is 31.9 Å². The smallest absolute Gasteiger partial charge is 0.253 e. The number of carbonyl (C=O) groups is 2. The van der Waals surface area contributed by atoms with Crippen molar-refractivity contribution in [3.8, 4) is 0 Å². The first kappa shape index (κ1) is 15.3. The third-order valence-electron chi connectivity index (χ3n) is 5.20. The minimum absolute atomic E-state index is 0.1000. The molecule has 0 unspecified atom stereocenters. The molecule has 1 aliphatic carbocycles. The van der Waals surface area contributed by atoms with Crippen molar-refractivity contribution in [3.63, 3.8) is 0 Å². The Kier molecular flexibility index (Phi) is 4.60. The normalized spacial score (nSPS) is 25.2. The van der Waals surface area contributed by atoms with Crippen LogP contribution >= 0.6 is 0 Å². The molecule has 22 heavy (non-hydrogen) atoms. The molecule has 0 bridgehead atoms. The lowest BCUT2D eigenvalue weighted by Gasteiger charge is -2.25. The second-order valence-electron chi connectivity index (χ2n) is 6.90. The van der Waals surface area contributed by atoms with Crippen LogP contribution in [0.4, 0.5) is 0 Å². The monoisotopic (exact) mass is 299 g/mol. The summed E-state index contributed by atoms with van der Waals surface area (Å²) in [7, 11) is 0. The van der Waals surface area contributed by atoms with Crippen molar-refractivity contribution in [1.82, 2.24) is 4.90 Å². The number of Topliss-reactive ketones (excluding diaryl/α,β-unsaturated/α-hetero) is 1. The van der Waals surface area contributed by atoms with E-state index >= 15 is 0 Å². The summed E-state index contributed by atoms with van der Waals surface area (Å²) in [6, 6.07) is 7.31. The molecule has 1 saturated carbocycles. The Bertz CT molecular complexity index is 535. The predicted octanol–water partition coefficient (Wildman–Crippen LogP) is 3.93. The summed E-state index contributed by atoms with van der Waals surface area (Å²) in [5, 5.41) is 0. The third kappa shape index (κ3) is 3.23. The van der Waals surface area contributed by atoms with E-state index < -0.39 is 0 Å². The fourth-order valence-corrected chi connectivity index (χ4v) is 3.64. The second kappa shape index (κ2) is 6.64. The van der Waals surface area contributed by atoms with Gasteiger partial charge in [0.1, 0.15) is 0 Å². The second-order valence-corrected chi connectivity index (χ2v) is 6.90. The molecule has 2 aliphatic rings. The topological polar surface area (TPSA) is 37.4 Å². The molecule has 118 valence electrons. The van der Waals surface area contributed by atoms with Crippen LogP contribution in [0.1, 0.15) is 66.2 Å². The zero-order valence-corrected chi connectivity index (χ0v) is 13.4. The molecule has 0 N–H and O–H groups in total. The highest BCUT2D eigenvalue weighted by atomic mass is 16.2. The fraction of sp³-hybridized carbons (Fsp3) is 0.579. The van der Waals surface area contributed by atoms with Gasteiger partial charge in [-0.3, -0.25) is 9.59 Å². The molecule has 0 aromatic heterocycles. The summed E-state index contributed by atoms with van der Waals surface area (Å²) >= 11 is 0. The van der Waals surface area contributed by atoms with E-state index in [9.17, 15) is 9.59 Å². The number of likely N-dealkylation sites (tertiary alicyclic amines) is 1. The number of hydrogen-bond acceptors (Lipinski definition) is 2. The molecule has 3 rings (SSSR count). The number of nitrogens with zero attached hydrogens (tertiary/aromatic N) is 1. The van der Waals surface area contributed by atoms with Gasteiger partial charge in [-0.05, 0) is 43.7 Å². The van der Waals surface area contributed by atoms with Crippen molar-refractivity contribution in [2.75, 3.05) is 13.1 Å². The van der Waals surface area contributed by atoms with E-state index in [1.54, 1.807) is 0 Å². The van der Waals surface area contributed by atoms with E-state index in [1.165, 1.54) is 0 Å². The Morgan fingerprint density at radius 2 is 1.45 bits per heavy atom. The van der Waals surface area contributed by atoms with Gasteiger partial charge in [-0.15, -0.1) is 0 Å². The molecule has 1 aromatic carbocycles. The molecule has 1 heterocycles. The lowest BCUT2D eigenvalue weighted by molar-refractivity contribution is 0.0791. The summed E-state index contributed by atoms with van der Waals surface area (Å²) in [5.41, 5.74) is 1.47. The standard InChI is InChI=1S/C19H25NO2/c1-14-4-6-15(7-5-14)18(21)16-8-10-17(11-9-16)19(22)20-12-2-3-13-20/h8-11,14-15H,2-7,12-13H2,1H3. The van der Waals surface area contributed by atoms with Gasteiger partial charge in [0.2, 0.25) is 0 Å². The maximum Gasteiger partial charge on any atom is 0.253 e. The van der Waals surface area contributed by atoms with Crippen LogP contribution in [0.25, 0.3) is 0 Å². The minimum atomic E-state index is 0.1000. The van der Waals surface area contributed by atoms with Crippen molar-refractivity contribution in [2.24, 2.45) is 11.8 Å². The molecule has 0 spiro atoms. The Balaban J connectivity index is 1.65. The molecule has 3 heteroatoms. The Morgan fingerprint density at radius 3 is 2.05 bits per heavy atom. The van der Waals surface area contributed by atoms with Crippen LogP contribution in [-0.4, -0.2) is 29.7 Å². The van der Waals surface area contributed by atoms with Crippen molar-refractivity contribution in [3.05, 3.63) is 35.4 Å². The molecule has 3 nitrogen and oxygen atoms in total. The van der Waals surface area contributed by atoms with E-state index in [4.69, 9.17) is 0 Å². The summed E-state index contributed by atoms with van der Waals surface area (Å²) < 4.78 is 0. The van der Waals surface area contributed by atoms with Gasteiger partial charge in [0, 0.05) is 30.1 Å². The van der Waals surface area contributed by atoms with Gasteiger partial charge in [-0.2, -0.15) is 0 Å². The van der Waals surface area contributed by atoms with E-state index in [1.807, 2.05) is 29.2 Å². The average molecular weight is 299 g/mol. The van der Waals surface area contributed by atoms with Crippen LogP contribution in [0.15, 0.2) is 24.3 Å². The molecule has 1 aliphatic heterocycles. The zero-order valence-electron chi connectivity index (χ0n) is 13.4. The van der Waals surface area contributed by atoms with Gasteiger partial charge >= 0.3 is 0 Å². The third-order valence-corrected chi connectivity index (χ3v) is 5.20. The van der Waals surface area contributed by atoms with Gasteiger partial charge in [0.05, 0.1) is 0 Å². The summed E-state index contributed by atoms with van der Waals surface area (Å²) in [6.45, 7) is 3.99. The molecular weight excluding hydrogens is 274 g/mol. The zero-order chi connectivity index (χ0) is 15.5. The lowest BCUT2D eigenvalue weighted by atomic mass is 9.79. The van der Waals surface area contributed by atoms with E-state index in [0.29, 0.717) is 5.56 Å². The summed E-state index contributed by atoms with van der Waals surface area (Å²) in [5.74, 6) is 1.29. The highest BCUT2D eigenvalue weighted by molar-refractivity contribution is 6.00. The first-order chi connectivity index (χ1) is 10.6. The van der Waals surface area contributed by atoms with Gasteiger partial charge in [-0.25, -0.2) is 0 Å². The fourth-order valence-electron chi connectivity index (χ4n) is 3.64. The SMILES string of the molecule is CC1CCC(C(=O)c2ccc(C(=O)N3CCCC3)cc2)CC1. The highest BCUT2D eigenvalue weighted by Gasteiger charge is 2.25. The average Bonchev–Trinajstić information content (AvgIpc) is 3.09. The summed E-state index contributed by atoms with van der Waals surface area (Å²) in [6.07, 6.45) is 6.53. The summed E-state index contributed by atoms with van der Waals surface area (Å²) in [4.78, 5) is 26.8. The van der Waals surface area contributed by atoms with E-state index in [-0.39, 0.29) is 17.6 Å². The number of rotatable bonds is 3. The Hall–Kier alpha value is -1.64. The maximum atomic E-state index is 12.5. The van der Waals surface area contributed by atoms with Crippen LogP contribution in [0.2, 0.25) is 0 Å². The number of hydrogen-bond donors (Lipinski definition) is 0. The molecule has 1 amide bonds. The van der Waals surface area contributed by atoms with Gasteiger partial charge in [0.15, 0.2) is 5.78 Å². The van der Waals surface area contributed by atoms with Crippen LogP contribution in [0.3, 0.4) is 0 Å². The van der Waals surface area contributed by atoms with Crippen LogP contribution in [0.5, 0.6) is 0 Å². The number of benzene rings is 1. The largest absolute Gasteiger partial charge is 0.339 e. The van der Waals surface area contributed by atoms with Gasteiger partial charge in [0.25, 0.3) is 5.91 Å². The first-order valence-electron chi connectivity index (χ1n) is 8.58. The van der Waals surface area contributed by atoms with Gasteiger partial charge < -0.3 is 4.90 Å². The Morgan fingerprint density at radius 1 is 0.909 bits per heavy atom. The van der Waals surface area contributed by atoms with E-state index in [2.05, 4.69) is 6.92 Å². The van der Waals surface area contributed by atoms with E-state index in [0.717, 1.165) is 63.1 Å². The van der Waals surface area contributed by atoms with Crippen molar-refractivity contribution in [2.45, 2.75) is 45.4 Å². The van der Waals surface area contributed by atoms with Crippen molar-refractivity contribution >= 4 is 11.7 Å². The number of ketones is 1. The molecule has 1 aromatic rings. The maximum absolute atomic E-state index is 12.5.